The van der Waals surface area contributed by atoms with Crippen molar-refractivity contribution in [3.05, 3.63) is 65.4 Å². The summed E-state index contributed by atoms with van der Waals surface area (Å²) in [6, 6.07) is 7.83. The van der Waals surface area contributed by atoms with Crippen LogP contribution in [0.15, 0.2) is 48.7 Å². The predicted molar refractivity (Wildman–Crippen MR) is 159 cm³/mol. The van der Waals surface area contributed by atoms with Crippen molar-refractivity contribution in [2.75, 3.05) is 35.4 Å². The van der Waals surface area contributed by atoms with Crippen LogP contribution in [0.1, 0.15) is 42.4 Å². The fourth-order valence-electron chi connectivity index (χ4n) is 5.34. The first kappa shape index (κ1) is 31.4. The molecule has 0 spiro atoms. The molecule has 2 atom stereocenters. The smallest absolute Gasteiger partial charge is 0.341 e. The molecule has 234 valence electrons. The lowest BCUT2D eigenvalue weighted by Gasteiger charge is -2.28. The number of halogens is 3. The molecule has 2 aliphatic rings. The van der Waals surface area contributed by atoms with Gasteiger partial charge < -0.3 is 20.4 Å². The lowest BCUT2D eigenvalue weighted by molar-refractivity contribution is -0.137. The van der Waals surface area contributed by atoms with Gasteiger partial charge in [0.15, 0.2) is 9.84 Å². The number of carbonyl (C=O) groups excluding carboxylic acids is 3. The number of pyridine rings is 1. The monoisotopic (exact) mass is 631 g/mol. The van der Waals surface area contributed by atoms with E-state index in [2.05, 4.69) is 15.6 Å². The molecule has 3 amide bonds. The Morgan fingerprint density at radius 2 is 1.82 bits per heavy atom. The number of amides is 3. The molecule has 1 fully saturated rings. The zero-order chi connectivity index (χ0) is 32.0. The van der Waals surface area contributed by atoms with Gasteiger partial charge in [-0.3, -0.25) is 19.4 Å². The minimum atomic E-state index is -4.79. The topological polar surface area (TPSA) is 129 Å². The second kappa shape index (κ2) is 11.8. The zero-order valence-corrected chi connectivity index (χ0v) is 25.1. The standard InChI is InChI=1S/C30H32F3N5O5S/c1-17(34-2)28(40)36-24-15-37(27(39)16-44(3,42)43)26-12-19(30(31,32)33)10-11-25(26)38(29(24)41)14-22-20-6-4-5-7-23(20)35-13-21(22)18-8-9-18/h4-7,10-13,17-18,24,34H,8-9,14-16H2,1-3H3,(H,36,40). The number of fused-ring (bicyclic) bond motifs is 2. The highest BCUT2D eigenvalue weighted by Gasteiger charge is 2.41. The highest BCUT2D eigenvalue weighted by molar-refractivity contribution is 7.91. The molecule has 0 bridgehead atoms. The second-order valence-corrected chi connectivity index (χ2v) is 13.4. The number of hydrogen-bond donors (Lipinski definition) is 2. The normalized spacial score (nSPS) is 18.1. The number of alkyl halides is 3. The van der Waals surface area contributed by atoms with Crippen molar-refractivity contribution in [3.8, 4) is 0 Å². The summed E-state index contributed by atoms with van der Waals surface area (Å²) in [6.45, 7) is 0.886. The summed E-state index contributed by atoms with van der Waals surface area (Å²) >= 11 is 0. The maximum Gasteiger partial charge on any atom is 0.416 e. The summed E-state index contributed by atoms with van der Waals surface area (Å²) in [7, 11) is -2.37. The maximum atomic E-state index is 14.3. The fourth-order valence-corrected chi connectivity index (χ4v) is 5.95. The van der Waals surface area contributed by atoms with Gasteiger partial charge in [0, 0.05) is 17.8 Å². The van der Waals surface area contributed by atoms with Gasteiger partial charge in [0.05, 0.1) is 41.6 Å². The third-order valence-electron chi connectivity index (χ3n) is 7.90. The van der Waals surface area contributed by atoms with Crippen LogP contribution in [0.3, 0.4) is 0 Å². The summed E-state index contributed by atoms with van der Waals surface area (Å²) in [4.78, 5) is 47.4. The van der Waals surface area contributed by atoms with E-state index in [-0.39, 0.29) is 23.8 Å². The highest BCUT2D eigenvalue weighted by Crippen LogP contribution is 2.45. The third kappa shape index (κ3) is 6.55. The lowest BCUT2D eigenvalue weighted by atomic mass is 9.99. The zero-order valence-electron chi connectivity index (χ0n) is 24.3. The molecule has 1 aromatic heterocycles. The van der Waals surface area contributed by atoms with Gasteiger partial charge in [0.1, 0.15) is 11.8 Å². The summed E-state index contributed by atoms with van der Waals surface area (Å²) in [5, 5.41) is 6.14. The molecule has 0 radical (unpaired) electrons. The van der Waals surface area contributed by atoms with Crippen LogP contribution in [0.4, 0.5) is 24.5 Å². The van der Waals surface area contributed by atoms with E-state index in [0.717, 1.165) is 58.7 Å². The summed E-state index contributed by atoms with van der Waals surface area (Å²) in [6.07, 6.45) is -0.379. The van der Waals surface area contributed by atoms with Gasteiger partial charge in [-0.15, -0.1) is 0 Å². The van der Waals surface area contributed by atoms with Gasteiger partial charge in [-0.1, -0.05) is 18.2 Å². The van der Waals surface area contributed by atoms with Gasteiger partial charge in [-0.25, -0.2) is 8.42 Å². The van der Waals surface area contributed by atoms with E-state index < -0.39 is 63.7 Å². The highest BCUT2D eigenvalue weighted by atomic mass is 32.2. The molecule has 44 heavy (non-hydrogen) atoms. The molecule has 0 saturated heterocycles. The van der Waals surface area contributed by atoms with Crippen LogP contribution in [0, 0.1) is 0 Å². The molecule has 2 N–H and O–H groups in total. The quantitative estimate of drug-likeness (QED) is 0.391. The Labute approximate surface area is 252 Å². The van der Waals surface area contributed by atoms with Crippen LogP contribution >= 0.6 is 0 Å². The number of carbonyl (C=O) groups is 3. The van der Waals surface area contributed by atoms with E-state index in [1.165, 1.54) is 11.9 Å². The molecule has 3 aromatic rings. The van der Waals surface area contributed by atoms with Crippen molar-refractivity contribution in [2.24, 2.45) is 0 Å². The number of nitrogens with zero attached hydrogens (tertiary/aromatic N) is 3. The molecular weight excluding hydrogens is 599 g/mol. The van der Waals surface area contributed by atoms with Crippen molar-refractivity contribution in [1.29, 1.82) is 0 Å². The number of sulfone groups is 1. The molecule has 5 rings (SSSR count). The van der Waals surface area contributed by atoms with E-state index in [9.17, 15) is 36.0 Å². The number of nitrogens with one attached hydrogen (secondary N) is 2. The van der Waals surface area contributed by atoms with E-state index in [1.807, 2.05) is 24.3 Å². The Bertz CT molecular complexity index is 1740. The summed E-state index contributed by atoms with van der Waals surface area (Å²) < 4.78 is 66.0. The molecule has 2 aromatic carbocycles. The Hall–Kier alpha value is -4.04. The van der Waals surface area contributed by atoms with Crippen LogP contribution in [-0.2, 0) is 36.9 Å². The van der Waals surface area contributed by atoms with Crippen LogP contribution in [0.25, 0.3) is 10.9 Å². The fraction of sp³-hybridized carbons (Fsp3) is 0.400. The second-order valence-electron chi connectivity index (χ2n) is 11.3. The van der Waals surface area contributed by atoms with Crippen molar-refractivity contribution >= 4 is 49.8 Å². The minimum Gasteiger partial charge on any atom is -0.341 e. The lowest BCUT2D eigenvalue weighted by Crippen LogP contribution is -2.56. The van der Waals surface area contributed by atoms with Crippen LogP contribution in [0.5, 0.6) is 0 Å². The average molecular weight is 632 g/mol. The SMILES string of the molecule is CNC(C)C(=O)NC1CN(C(=O)CS(C)(=O)=O)c2cc(C(F)(F)F)ccc2N(Cc2c(C3CC3)cnc3ccccc23)C1=O. The van der Waals surface area contributed by atoms with Crippen LogP contribution in [0.2, 0.25) is 0 Å². The van der Waals surface area contributed by atoms with Gasteiger partial charge in [0.25, 0.3) is 5.91 Å². The number of anilines is 2. The van der Waals surface area contributed by atoms with Crippen molar-refractivity contribution in [2.45, 2.75) is 50.5 Å². The van der Waals surface area contributed by atoms with Crippen molar-refractivity contribution in [1.82, 2.24) is 15.6 Å². The summed E-state index contributed by atoms with van der Waals surface area (Å²) in [5.41, 5.74) is 0.933. The Morgan fingerprint density at radius 1 is 1.11 bits per heavy atom. The Balaban J connectivity index is 1.71. The van der Waals surface area contributed by atoms with E-state index in [0.29, 0.717) is 5.52 Å². The molecule has 1 aliphatic carbocycles. The molecule has 1 saturated carbocycles. The molecule has 2 unspecified atom stereocenters. The largest absolute Gasteiger partial charge is 0.416 e. The summed E-state index contributed by atoms with van der Waals surface area (Å²) in [5.74, 6) is -3.09. The van der Waals surface area contributed by atoms with Crippen LogP contribution < -0.4 is 20.4 Å². The molecule has 2 heterocycles. The first-order valence-corrected chi connectivity index (χ1v) is 16.1. The van der Waals surface area contributed by atoms with E-state index in [1.54, 1.807) is 13.1 Å². The van der Waals surface area contributed by atoms with Gasteiger partial charge in [-0.05, 0) is 68.1 Å². The Kier molecular flexibility index (Phi) is 8.42. The number of likely N-dealkylation sites (N-methyl/N-ethyl adjacent to an activating group) is 1. The van der Waals surface area contributed by atoms with Crippen molar-refractivity contribution in [3.63, 3.8) is 0 Å². The third-order valence-corrected chi connectivity index (χ3v) is 8.67. The molecule has 10 nitrogen and oxygen atoms in total. The molecule has 1 aliphatic heterocycles. The van der Waals surface area contributed by atoms with E-state index >= 15 is 0 Å². The van der Waals surface area contributed by atoms with Gasteiger partial charge in [0.2, 0.25) is 11.8 Å². The first-order chi connectivity index (χ1) is 20.7. The van der Waals surface area contributed by atoms with Crippen LogP contribution in [-0.4, -0.2) is 68.8 Å². The number of para-hydroxylation sites is 1. The average Bonchev–Trinajstić information content (AvgIpc) is 3.81. The molecular formula is C30H32F3N5O5S. The van der Waals surface area contributed by atoms with E-state index in [4.69, 9.17) is 0 Å². The minimum absolute atomic E-state index is 0.0223. The van der Waals surface area contributed by atoms with Gasteiger partial charge >= 0.3 is 6.18 Å². The number of aromatic nitrogens is 1. The predicted octanol–water partition coefficient (Wildman–Crippen LogP) is 3.15. The first-order valence-electron chi connectivity index (χ1n) is 14.0. The maximum absolute atomic E-state index is 14.3. The number of benzene rings is 2. The number of hydrogen-bond acceptors (Lipinski definition) is 7. The number of rotatable bonds is 8. The van der Waals surface area contributed by atoms with Crippen molar-refractivity contribution < 1.29 is 36.0 Å². The molecule has 14 heteroatoms. The Morgan fingerprint density at radius 3 is 2.45 bits per heavy atom. The van der Waals surface area contributed by atoms with Gasteiger partial charge in [-0.2, -0.15) is 13.2 Å².